The van der Waals surface area contributed by atoms with Gasteiger partial charge in [0.25, 0.3) is 10.0 Å². The van der Waals surface area contributed by atoms with Gasteiger partial charge < -0.3 is 0 Å². The third-order valence-electron chi connectivity index (χ3n) is 4.94. The molecular weight excluding hydrogens is 384 g/mol. The van der Waals surface area contributed by atoms with E-state index in [-0.39, 0.29) is 0 Å². The minimum absolute atomic E-state index is 0.361. The fourth-order valence-electron chi connectivity index (χ4n) is 3.88. The molecule has 0 spiro atoms. The van der Waals surface area contributed by atoms with Crippen molar-refractivity contribution in [3.63, 3.8) is 0 Å². The Morgan fingerprint density at radius 3 is 2.45 bits per heavy atom. The Hall–Kier alpha value is 0.0500. The molecule has 0 N–H and O–H groups in total. The third-order valence-corrected chi connectivity index (χ3v) is 8.90. The molecular formula is C15H23BrN2O2S2. The molecule has 4 nitrogen and oxygen atoms in total. The molecule has 2 aliphatic heterocycles. The van der Waals surface area contributed by atoms with Crippen LogP contribution in [0.25, 0.3) is 0 Å². The number of likely N-dealkylation sites (tertiary alicyclic amines) is 1. The third kappa shape index (κ3) is 3.15. The van der Waals surface area contributed by atoms with E-state index in [1.807, 2.05) is 6.07 Å². The molecule has 2 aliphatic rings. The van der Waals surface area contributed by atoms with Crippen LogP contribution >= 0.6 is 27.3 Å². The van der Waals surface area contributed by atoms with Crippen molar-refractivity contribution in [3.8, 4) is 0 Å². The Labute approximate surface area is 145 Å². The van der Waals surface area contributed by atoms with E-state index in [1.54, 1.807) is 10.4 Å². The number of nitrogens with zero attached hydrogens (tertiary/aromatic N) is 2. The van der Waals surface area contributed by atoms with E-state index in [0.29, 0.717) is 35.4 Å². The summed E-state index contributed by atoms with van der Waals surface area (Å²) < 4.78 is 28.6. The molecule has 0 radical (unpaired) electrons. The van der Waals surface area contributed by atoms with E-state index in [1.165, 1.54) is 24.2 Å². The monoisotopic (exact) mass is 406 g/mol. The van der Waals surface area contributed by atoms with Gasteiger partial charge in [0, 0.05) is 31.2 Å². The second kappa shape index (κ2) is 6.51. The molecule has 3 atom stereocenters. The molecule has 2 saturated heterocycles. The molecule has 1 aromatic rings. The van der Waals surface area contributed by atoms with Gasteiger partial charge in [-0.2, -0.15) is 4.31 Å². The van der Waals surface area contributed by atoms with Crippen LogP contribution in [0.15, 0.2) is 20.1 Å². The number of thiophene rings is 1. The molecule has 0 saturated carbocycles. The van der Waals surface area contributed by atoms with Crippen LogP contribution in [0.3, 0.4) is 0 Å². The summed E-state index contributed by atoms with van der Waals surface area (Å²) in [5.74, 6) is 0. The molecule has 124 valence electrons. The van der Waals surface area contributed by atoms with Crippen molar-refractivity contribution >= 4 is 37.3 Å². The van der Waals surface area contributed by atoms with Gasteiger partial charge in [-0.05, 0) is 67.6 Å². The molecule has 0 bridgehead atoms. The minimum Gasteiger partial charge on any atom is -0.294 e. The lowest BCUT2D eigenvalue weighted by atomic mass is 10.0. The first-order valence-corrected chi connectivity index (χ1v) is 11.0. The van der Waals surface area contributed by atoms with Gasteiger partial charge in [-0.15, -0.1) is 11.3 Å². The van der Waals surface area contributed by atoms with Crippen molar-refractivity contribution in [2.45, 2.75) is 61.9 Å². The first-order valence-electron chi connectivity index (χ1n) is 7.92. The average molecular weight is 407 g/mol. The fraction of sp³-hybridized carbons (Fsp3) is 0.733. The van der Waals surface area contributed by atoms with E-state index < -0.39 is 10.0 Å². The maximum atomic E-state index is 12.8. The highest BCUT2D eigenvalue weighted by Gasteiger charge is 2.38. The van der Waals surface area contributed by atoms with Gasteiger partial charge in [0.05, 0.1) is 3.79 Å². The second-order valence-corrected chi connectivity index (χ2v) is 11.1. The lowest BCUT2D eigenvalue weighted by Crippen LogP contribution is -2.52. The van der Waals surface area contributed by atoms with E-state index in [2.05, 4.69) is 34.7 Å². The maximum absolute atomic E-state index is 12.8. The summed E-state index contributed by atoms with van der Waals surface area (Å²) in [4.78, 5) is 2.55. The Bertz CT molecular complexity index is 621. The standard InChI is InChI=1S/C15H23BrN2O2S2/c1-11-5-6-12(2)18(11)13-4-3-9-17(10-13)22(19,20)15-8-7-14(16)21-15/h7-8,11-13H,3-6,9-10H2,1-2H3. The minimum atomic E-state index is -3.34. The van der Waals surface area contributed by atoms with Gasteiger partial charge in [-0.1, -0.05) is 0 Å². The number of hydrogen-bond acceptors (Lipinski definition) is 4. The first kappa shape index (κ1) is 16.9. The van der Waals surface area contributed by atoms with Gasteiger partial charge in [0.15, 0.2) is 0 Å². The molecule has 0 amide bonds. The molecule has 3 heterocycles. The predicted molar refractivity (Wildman–Crippen MR) is 93.8 cm³/mol. The number of rotatable bonds is 3. The zero-order valence-corrected chi connectivity index (χ0v) is 16.3. The molecule has 0 aliphatic carbocycles. The normalized spacial score (nSPS) is 31.7. The summed E-state index contributed by atoms with van der Waals surface area (Å²) in [6.45, 7) is 5.82. The van der Waals surface area contributed by atoms with Crippen LogP contribution in [0.4, 0.5) is 0 Å². The zero-order chi connectivity index (χ0) is 15.9. The summed E-state index contributed by atoms with van der Waals surface area (Å²) in [5.41, 5.74) is 0. The van der Waals surface area contributed by atoms with Crippen molar-refractivity contribution in [2.75, 3.05) is 13.1 Å². The van der Waals surface area contributed by atoms with Crippen LogP contribution in [0.2, 0.25) is 0 Å². The van der Waals surface area contributed by atoms with Crippen molar-refractivity contribution in [2.24, 2.45) is 0 Å². The summed E-state index contributed by atoms with van der Waals surface area (Å²) in [6, 6.07) is 5.01. The number of sulfonamides is 1. The van der Waals surface area contributed by atoms with Crippen LogP contribution < -0.4 is 0 Å². The largest absolute Gasteiger partial charge is 0.294 e. The molecule has 3 unspecified atom stereocenters. The summed E-state index contributed by atoms with van der Waals surface area (Å²) in [7, 11) is -3.34. The molecule has 22 heavy (non-hydrogen) atoms. The number of hydrogen-bond donors (Lipinski definition) is 0. The second-order valence-electron chi connectivity index (χ2n) is 6.44. The summed E-state index contributed by atoms with van der Waals surface area (Å²) in [5, 5.41) is 0. The van der Waals surface area contributed by atoms with Gasteiger partial charge in [-0.25, -0.2) is 8.42 Å². The van der Waals surface area contributed by atoms with Crippen LogP contribution in [0.5, 0.6) is 0 Å². The Kier molecular flexibility index (Phi) is 5.00. The van der Waals surface area contributed by atoms with Gasteiger partial charge in [-0.3, -0.25) is 4.90 Å². The van der Waals surface area contributed by atoms with Crippen LogP contribution in [0, 0.1) is 0 Å². The van der Waals surface area contributed by atoms with Crippen molar-refractivity contribution in [1.82, 2.24) is 9.21 Å². The smallest absolute Gasteiger partial charge is 0.252 e. The Morgan fingerprint density at radius 2 is 1.86 bits per heavy atom. The average Bonchev–Trinajstić information content (AvgIpc) is 3.06. The Morgan fingerprint density at radius 1 is 1.18 bits per heavy atom. The molecule has 0 aromatic carbocycles. The van der Waals surface area contributed by atoms with E-state index in [4.69, 9.17) is 0 Å². The van der Waals surface area contributed by atoms with E-state index in [9.17, 15) is 8.42 Å². The fourth-order valence-corrected chi connectivity index (χ4v) is 7.56. The van der Waals surface area contributed by atoms with Crippen molar-refractivity contribution < 1.29 is 8.42 Å². The maximum Gasteiger partial charge on any atom is 0.252 e. The highest BCUT2D eigenvalue weighted by molar-refractivity contribution is 9.11. The number of halogens is 1. The SMILES string of the molecule is CC1CCC(C)N1C1CCCN(S(=O)(=O)c2ccc(Br)s2)C1. The summed E-state index contributed by atoms with van der Waals surface area (Å²) in [6.07, 6.45) is 4.51. The first-order chi connectivity index (χ1) is 10.4. The molecule has 1 aromatic heterocycles. The topological polar surface area (TPSA) is 40.6 Å². The molecule has 3 rings (SSSR count). The van der Waals surface area contributed by atoms with Gasteiger partial charge >= 0.3 is 0 Å². The van der Waals surface area contributed by atoms with Crippen LogP contribution in [0.1, 0.15) is 39.5 Å². The van der Waals surface area contributed by atoms with Crippen molar-refractivity contribution in [3.05, 3.63) is 15.9 Å². The summed E-state index contributed by atoms with van der Waals surface area (Å²) >= 11 is 4.65. The van der Waals surface area contributed by atoms with E-state index in [0.717, 1.165) is 16.6 Å². The highest BCUT2D eigenvalue weighted by atomic mass is 79.9. The lowest BCUT2D eigenvalue weighted by molar-refractivity contribution is 0.0980. The number of piperidine rings is 1. The van der Waals surface area contributed by atoms with Gasteiger partial charge in [0.2, 0.25) is 0 Å². The van der Waals surface area contributed by atoms with E-state index >= 15 is 0 Å². The predicted octanol–water partition coefficient (Wildman–Crippen LogP) is 3.54. The Balaban J connectivity index is 1.78. The molecule has 7 heteroatoms. The quantitative estimate of drug-likeness (QED) is 0.770. The lowest BCUT2D eigenvalue weighted by Gasteiger charge is -2.40. The molecule has 2 fully saturated rings. The van der Waals surface area contributed by atoms with Crippen molar-refractivity contribution in [1.29, 1.82) is 0 Å². The highest BCUT2D eigenvalue weighted by Crippen LogP contribution is 2.33. The van der Waals surface area contributed by atoms with Gasteiger partial charge in [0.1, 0.15) is 4.21 Å². The zero-order valence-electron chi connectivity index (χ0n) is 13.0. The van der Waals surface area contributed by atoms with Crippen LogP contribution in [-0.2, 0) is 10.0 Å². The van der Waals surface area contributed by atoms with Crippen LogP contribution in [-0.4, -0.2) is 48.8 Å².